The van der Waals surface area contributed by atoms with Gasteiger partial charge in [-0.15, -0.1) is 12.4 Å². The van der Waals surface area contributed by atoms with Crippen LogP contribution in [0.5, 0.6) is 0 Å². The first-order valence-electron chi connectivity index (χ1n) is 3.73. The van der Waals surface area contributed by atoms with E-state index in [4.69, 9.17) is 16.7 Å². The maximum atomic E-state index is 8.52. The summed E-state index contributed by atoms with van der Waals surface area (Å²) in [7, 11) is 0. The first-order valence-corrected chi connectivity index (χ1v) is 3.73. The molecule has 0 aliphatic heterocycles. The molecular weight excluding hydrogens is 186 g/mol. The molecule has 4 heteroatoms. The monoisotopic (exact) mass is 197 g/mol. The van der Waals surface area contributed by atoms with E-state index in [-0.39, 0.29) is 18.4 Å². The fourth-order valence-electron chi connectivity index (χ4n) is 0.941. The van der Waals surface area contributed by atoms with Crippen molar-refractivity contribution < 1.29 is 0 Å². The van der Waals surface area contributed by atoms with Crippen LogP contribution in [-0.2, 0) is 0 Å². The number of halogens is 1. The van der Waals surface area contributed by atoms with E-state index in [1.165, 1.54) is 0 Å². The zero-order valence-corrected chi connectivity index (χ0v) is 7.92. The van der Waals surface area contributed by atoms with Gasteiger partial charge in [-0.2, -0.15) is 5.26 Å². The fraction of sp³-hybridized carbons (Fsp3) is 0.222. The van der Waals surface area contributed by atoms with Gasteiger partial charge >= 0.3 is 0 Å². The molecule has 0 amide bonds. The van der Waals surface area contributed by atoms with Crippen molar-refractivity contribution in [1.29, 1.82) is 5.26 Å². The molecule has 4 N–H and O–H groups in total. The van der Waals surface area contributed by atoms with E-state index in [0.29, 0.717) is 12.1 Å². The molecular formula is C9H12ClN3. The van der Waals surface area contributed by atoms with E-state index < -0.39 is 0 Å². The molecule has 0 saturated carbocycles. The molecule has 1 aromatic rings. The van der Waals surface area contributed by atoms with Crippen LogP contribution >= 0.6 is 12.4 Å². The SMILES string of the molecule is Cl.N#Cc1ccc([C@@H](N)CN)cc1. The van der Waals surface area contributed by atoms with Gasteiger partial charge in [0.2, 0.25) is 0 Å². The highest BCUT2D eigenvalue weighted by Crippen LogP contribution is 2.09. The molecule has 0 spiro atoms. The zero-order valence-electron chi connectivity index (χ0n) is 7.10. The van der Waals surface area contributed by atoms with E-state index in [1.54, 1.807) is 12.1 Å². The summed E-state index contributed by atoms with van der Waals surface area (Å²) < 4.78 is 0. The number of nitrogens with zero attached hydrogens (tertiary/aromatic N) is 1. The van der Waals surface area contributed by atoms with Gasteiger partial charge in [-0.1, -0.05) is 12.1 Å². The molecule has 0 saturated heterocycles. The number of benzene rings is 1. The number of hydrogen-bond donors (Lipinski definition) is 2. The van der Waals surface area contributed by atoms with Crippen molar-refractivity contribution in [1.82, 2.24) is 0 Å². The molecule has 0 aliphatic carbocycles. The van der Waals surface area contributed by atoms with Gasteiger partial charge in [-0.25, -0.2) is 0 Å². The third-order valence-electron chi connectivity index (χ3n) is 1.72. The molecule has 0 aromatic heterocycles. The van der Waals surface area contributed by atoms with Gasteiger partial charge in [-0.3, -0.25) is 0 Å². The lowest BCUT2D eigenvalue weighted by Gasteiger charge is -2.07. The van der Waals surface area contributed by atoms with Crippen molar-refractivity contribution in [3.8, 4) is 6.07 Å². The van der Waals surface area contributed by atoms with E-state index in [9.17, 15) is 0 Å². The van der Waals surface area contributed by atoms with Crippen LogP contribution in [0.3, 0.4) is 0 Å². The molecule has 0 heterocycles. The molecule has 0 unspecified atom stereocenters. The van der Waals surface area contributed by atoms with Crippen LogP contribution in [0.4, 0.5) is 0 Å². The molecule has 1 aromatic carbocycles. The Morgan fingerprint density at radius 1 is 1.31 bits per heavy atom. The van der Waals surface area contributed by atoms with Crippen molar-refractivity contribution in [2.24, 2.45) is 11.5 Å². The van der Waals surface area contributed by atoms with Gasteiger partial charge in [-0.05, 0) is 17.7 Å². The highest BCUT2D eigenvalue weighted by molar-refractivity contribution is 5.85. The van der Waals surface area contributed by atoms with Crippen LogP contribution in [0.25, 0.3) is 0 Å². The van der Waals surface area contributed by atoms with E-state index >= 15 is 0 Å². The Bertz CT molecular complexity index is 289. The van der Waals surface area contributed by atoms with Crippen LogP contribution in [0.15, 0.2) is 24.3 Å². The second kappa shape index (κ2) is 5.55. The van der Waals surface area contributed by atoms with Crippen LogP contribution in [-0.4, -0.2) is 6.54 Å². The Morgan fingerprint density at radius 2 is 1.85 bits per heavy atom. The highest BCUT2D eigenvalue weighted by atomic mass is 35.5. The van der Waals surface area contributed by atoms with Crippen LogP contribution in [0, 0.1) is 11.3 Å². The Morgan fingerprint density at radius 3 is 2.23 bits per heavy atom. The lowest BCUT2D eigenvalue weighted by molar-refractivity contribution is 0.737. The molecule has 1 atom stereocenters. The standard InChI is InChI=1S/C9H11N3.ClH/c10-5-7-1-3-8(4-2-7)9(12)6-11;/h1-4,9H,6,11-12H2;1H/t9-;/m0./s1. The Balaban J connectivity index is 0.00000144. The molecule has 0 bridgehead atoms. The van der Waals surface area contributed by atoms with Crippen LogP contribution in [0.1, 0.15) is 17.2 Å². The number of nitrogens with two attached hydrogens (primary N) is 2. The predicted molar refractivity (Wildman–Crippen MR) is 54.4 cm³/mol. The lowest BCUT2D eigenvalue weighted by atomic mass is 10.1. The number of rotatable bonds is 2. The average Bonchev–Trinajstić information content (AvgIpc) is 2.17. The number of nitriles is 1. The van der Waals surface area contributed by atoms with Crippen LogP contribution in [0.2, 0.25) is 0 Å². The van der Waals surface area contributed by atoms with Crippen molar-refractivity contribution in [2.45, 2.75) is 6.04 Å². The summed E-state index contributed by atoms with van der Waals surface area (Å²) in [5.41, 5.74) is 12.7. The van der Waals surface area contributed by atoms with Gasteiger partial charge in [0.25, 0.3) is 0 Å². The van der Waals surface area contributed by atoms with Gasteiger partial charge < -0.3 is 11.5 Å². The first-order chi connectivity index (χ1) is 5.77. The third-order valence-corrected chi connectivity index (χ3v) is 1.72. The average molecular weight is 198 g/mol. The Labute approximate surface area is 83.8 Å². The summed E-state index contributed by atoms with van der Waals surface area (Å²) in [6, 6.07) is 9.05. The third kappa shape index (κ3) is 3.03. The fourth-order valence-corrected chi connectivity index (χ4v) is 0.941. The van der Waals surface area contributed by atoms with Crippen molar-refractivity contribution in [3.05, 3.63) is 35.4 Å². The lowest BCUT2D eigenvalue weighted by Crippen LogP contribution is -2.20. The van der Waals surface area contributed by atoms with E-state index in [0.717, 1.165) is 5.56 Å². The Kier molecular flexibility index (Phi) is 5.09. The largest absolute Gasteiger partial charge is 0.329 e. The molecule has 3 nitrogen and oxygen atoms in total. The first kappa shape index (κ1) is 11.9. The van der Waals surface area contributed by atoms with Crippen LogP contribution < -0.4 is 11.5 Å². The number of hydrogen-bond acceptors (Lipinski definition) is 3. The normalized spacial score (nSPS) is 11.2. The molecule has 1 rings (SSSR count). The van der Waals surface area contributed by atoms with Gasteiger partial charge in [0.15, 0.2) is 0 Å². The van der Waals surface area contributed by atoms with Gasteiger partial charge in [0.05, 0.1) is 11.6 Å². The molecule has 0 fully saturated rings. The minimum Gasteiger partial charge on any atom is -0.329 e. The second-order valence-electron chi connectivity index (χ2n) is 2.58. The maximum absolute atomic E-state index is 8.52. The molecule has 70 valence electrons. The molecule has 0 radical (unpaired) electrons. The van der Waals surface area contributed by atoms with Gasteiger partial charge in [0.1, 0.15) is 0 Å². The zero-order chi connectivity index (χ0) is 8.97. The van der Waals surface area contributed by atoms with Crippen molar-refractivity contribution in [2.75, 3.05) is 6.54 Å². The summed E-state index contributed by atoms with van der Waals surface area (Å²) >= 11 is 0. The Hall–Kier alpha value is -1.08. The minimum atomic E-state index is -0.127. The maximum Gasteiger partial charge on any atom is 0.0991 e. The minimum absolute atomic E-state index is 0. The summed E-state index contributed by atoms with van der Waals surface area (Å²) in [5, 5.41) is 8.52. The second-order valence-corrected chi connectivity index (χ2v) is 2.58. The van der Waals surface area contributed by atoms with E-state index in [2.05, 4.69) is 0 Å². The summed E-state index contributed by atoms with van der Waals surface area (Å²) in [6.45, 7) is 0.423. The summed E-state index contributed by atoms with van der Waals surface area (Å²) in [4.78, 5) is 0. The summed E-state index contributed by atoms with van der Waals surface area (Å²) in [6.07, 6.45) is 0. The predicted octanol–water partition coefficient (Wildman–Crippen LogP) is 0.939. The summed E-state index contributed by atoms with van der Waals surface area (Å²) in [5.74, 6) is 0. The molecule has 13 heavy (non-hydrogen) atoms. The highest BCUT2D eigenvalue weighted by Gasteiger charge is 2.01. The quantitative estimate of drug-likeness (QED) is 0.741. The van der Waals surface area contributed by atoms with Crippen molar-refractivity contribution in [3.63, 3.8) is 0 Å². The van der Waals surface area contributed by atoms with Gasteiger partial charge in [0, 0.05) is 12.6 Å². The smallest absolute Gasteiger partial charge is 0.0991 e. The van der Waals surface area contributed by atoms with Crippen molar-refractivity contribution >= 4 is 12.4 Å². The molecule has 0 aliphatic rings. The van der Waals surface area contributed by atoms with E-state index in [1.807, 2.05) is 18.2 Å². The topological polar surface area (TPSA) is 75.8 Å².